The molecule has 0 spiro atoms. The summed E-state index contributed by atoms with van der Waals surface area (Å²) in [7, 11) is -3.48. The van der Waals surface area contributed by atoms with E-state index in [4.69, 9.17) is 4.74 Å². The summed E-state index contributed by atoms with van der Waals surface area (Å²) in [6, 6.07) is 12.8. The SMILES string of the molecule is CCN(CC)C(=O)c1ccc(OCC(=O)Nc2ccc(S(=O)(=O)N3CCCC3)cc2)cc1. The van der Waals surface area contributed by atoms with Gasteiger partial charge in [-0.1, -0.05) is 0 Å². The fourth-order valence-electron chi connectivity index (χ4n) is 3.52. The lowest BCUT2D eigenvalue weighted by Crippen LogP contribution is -2.30. The van der Waals surface area contributed by atoms with Crippen molar-refractivity contribution >= 4 is 27.5 Å². The van der Waals surface area contributed by atoms with Gasteiger partial charge in [-0.05, 0) is 75.2 Å². The standard InChI is InChI=1S/C23H29N3O5S/c1-3-25(4-2)23(28)18-7-11-20(12-8-18)31-17-22(27)24-19-9-13-21(14-10-19)32(29,30)26-15-5-6-16-26/h7-14H,3-6,15-17H2,1-2H3,(H,24,27). The molecule has 0 atom stereocenters. The Bertz CT molecular complexity index is 1030. The third-order valence-corrected chi connectivity index (χ3v) is 7.28. The van der Waals surface area contributed by atoms with Crippen molar-refractivity contribution in [2.24, 2.45) is 0 Å². The Hall–Kier alpha value is -2.91. The average molecular weight is 460 g/mol. The van der Waals surface area contributed by atoms with Gasteiger partial charge in [-0.3, -0.25) is 9.59 Å². The van der Waals surface area contributed by atoms with E-state index in [-0.39, 0.29) is 23.3 Å². The number of amides is 2. The molecule has 0 unspecified atom stereocenters. The highest BCUT2D eigenvalue weighted by Gasteiger charge is 2.26. The molecule has 9 heteroatoms. The first-order chi connectivity index (χ1) is 15.3. The Morgan fingerprint density at radius 3 is 2.12 bits per heavy atom. The van der Waals surface area contributed by atoms with E-state index in [2.05, 4.69) is 5.32 Å². The fourth-order valence-corrected chi connectivity index (χ4v) is 5.04. The Labute approximate surface area is 189 Å². The number of hydrogen-bond donors (Lipinski definition) is 1. The maximum Gasteiger partial charge on any atom is 0.262 e. The molecule has 3 rings (SSSR count). The molecule has 0 bridgehead atoms. The number of hydrogen-bond acceptors (Lipinski definition) is 5. The maximum absolute atomic E-state index is 12.6. The van der Waals surface area contributed by atoms with E-state index < -0.39 is 10.0 Å². The molecule has 2 amide bonds. The molecule has 32 heavy (non-hydrogen) atoms. The van der Waals surface area contributed by atoms with Crippen molar-refractivity contribution in [1.82, 2.24) is 9.21 Å². The molecule has 1 fully saturated rings. The predicted molar refractivity (Wildman–Crippen MR) is 122 cm³/mol. The van der Waals surface area contributed by atoms with Crippen LogP contribution >= 0.6 is 0 Å². The molecule has 0 aliphatic carbocycles. The van der Waals surface area contributed by atoms with Crippen LogP contribution in [0.25, 0.3) is 0 Å². The topological polar surface area (TPSA) is 96.0 Å². The lowest BCUT2D eigenvalue weighted by Gasteiger charge is -2.18. The van der Waals surface area contributed by atoms with Crippen molar-refractivity contribution in [2.75, 3.05) is 38.1 Å². The van der Waals surface area contributed by atoms with E-state index in [0.29, 0.717) is 43.2 Å². The van der Waals surface area contributed by atoms with E-state index in [1.54, 1.807) is 41.3 Å². The number of carbonyl (C=O) groups excluding carboxylic acids is 2. The first-order valence-corrected chi connectivity index (χ1v) is 12.2. The number of benzene rings is 2. The third kappa shape index (κ3) is 5.66. The summed E-state index contributed by atoms with van der Waals surface area (Å²) in [4.78, 5) is 26.5. The molecule has 1 heterocycles. The molecule has 0 radical (unpaired) electrons. The highest BCUT2D eigenvalue weighted by atomic mass is 32.2. The van der Waals surface area contributed by atoms with Gasteiger partial charge < -0.3 is 15.0 Å². The van der Waals surface area contributed by atoms with Crippen molar-refractivity contribution in [2.45, 2.75) is 31.6 Å². The number of ether oxygens (including phenoxy) is 1. The van der Waals surface area contributed by atoms with Gasteiger partial charge in [0.05, 0.1) is 4.90 Å². The van der Waals surface area contributed by atoms with Crippen LogP contribution in [0.4, 0.5) is 5.69 Å². The van der Waals surface area contributed by atoms with Crippen LogP contribution < -0.4 is 10.1 Å². The number of nitrogens with one attached hydrogen (secondary N) is 1. The van der Waals surface area contributed by atoms with Crippen LogP contribution in [0, 0.1) is 0 Å². The lowest BCUT2D eigenvalue weighted by atomic mass is 10.2. The van der Waals surface area contributed by atoms with Gasteiger partial charge in [0.15, 0.2) is 6.61 Å². The van der Waals surface area contributed by atoms with Gasteiger partial charge in [-0.2, -0.15) is 4.31 Å². The minimum Gasteiger partial charge on any atom is -0.484 e. The summed E-state index contributed by atoms with van der Waals surface area (Å²) in [6.07, 6.45) is 1.75. The van der Waals surface area contributed by atoms with Gasteiger partial charge in [-0.25, -0.2) is 8.42 Å². The van der Waals surface area contributed by atoms with Gasteiger partial charge >= 0.3 is 0 Å². The highest BCUT2D eigenvalue weighted by molar-refractivity contribution is 7.89. The van der Waals surface area contributed by atoms with Crippen molar-refractivity contribution < 1.29 is 22.7 Å². The van der Waals surface area contributed by atoms with Crippen molar-refractivity contribution in [3.05, 3.63) is 54.1 Å². The number of rotatable bonds is 9. The smallest absolute Gasteiger partial charge is 0.262 e. The first-order valence-electron chi connectivity index (χ1n) is 10.8. The van der Waals surface area contributed by atoms with Crippen molar-refractivity contribution in [1.29, 1.82) is 0 Å². The summed E-state index contributed by atoms with van der Waals surface area (Å²) in [5, 5.41) is 2.69. The van der Waals surface area contributed by atoms with Gasteiger partial charge in [-0.15, -0.1) is 0 Å². The molecule has 0 saturated carbocycles. The quantitative estimate of drug-likeness (QED) is 0.622. The number of sulfonamides is 1. The third-order valence-electron chi connectivity index (χ3n) is 5.36. The summed E-state index contributed by atoms with van der Waals surface area (Å²) in [5.41, 5.74) is 1.05. The van der Waals surface area contributed by atoms with Crippen LogP contribution in [0.1, 0.15) is 37.0 Å². The van der Waals surface area contributed by atoms with E-state index in [9.17, 15) is 18.0 Å². The van der Waals surface area contributed by atoms with Gasteiger partial charge in [0.2, 0.25) is 10.0 Å². The predicted octanol–water partition coefficient (Wildman–Crippen LogP) is 2.97. The van der Waals surface area contributed by atoms with E-state index in [1.165, 1.54) is 16.4 Å². The van der Waals surface area contributed by atoms with Gasteiger partial charge in [0.1, 0.15) is 5.75 Å². The Kier molecular flexibility index (Phi) is 7.87. The molecular weight excluding hydrogens is 430 g/mol. The number of nitrogens with zero attached hydrogens (tertiary/aromatic N) is 2. The molecular formula is C23H29N3O5S. The van der Waals surface area contributed by atoms with Crippen LogP contribution in [0.3, 0.4) is 0 Å². The summed E-state index contributed by atoms with van der Waals surface area (Å²) in [6.45, 7) is 6.01. The van der Waals surface area contributed by atoms with E-state index >= 15 is 0 Å². The highest BCUT2D eigenvalue weighted by Crippen LogP contribution is 2.22. The van der Waals surface area contributed by atoms with Gasteiger partial charge in [0.25, 0.3) is 11.8 Å². The lowest BCUT2D eigenvalue weighted by molar-refractivity contribution is -0.118. The molecule has 1 aliphatic heterocycles. The Morgan fingerprint density at radius 2 is 1.56 bits per heavy atom. The Morgan fingerprint density at radius 1 is 0.969 bits per heavy atom. The molecule has 2 aromatic rings. The molecule has 0 aromatic heterocycles. The molecule has 1 saturated heterocycles. The van der Waals surface area contributed by atoms with Crippen LogP contribution in [-0.2, 0) is 14.8 Å². The Balaban J connectivity index is 1.52. The van der Waals surface area contributed by atoms with E-state index in [1.807, 2.05) is 13.8 Å². The second-order valence-electron chi connectivity index (χ2n) is 7.47. The minimum atomic E-state index is -3.48. The molecule has 172 valence electrons. The summed E-state index contributed by atoms with van der Waals surface area (Å²) in [5.74, 6) is 0.0567. The number of anilines is 1. The van der Waals surface area contributed by atoms with E-state index in [0.717, 1.165) is 12.8 Å². The van der Waals surface area contributed by atoms with Gasteiger partial charge in [0, 0.05) is 37.4 Å². The van der Waals surface area contributed by atoms with Crippen molar-refractivity contribution in [3.8, 4) is 5.75 Å². The summed E-state index contributed by atoms with van der Waals surface area (Å²) >= 11 is 0. The molecule has 2 aromatic carbocycles. The van der Waals surface area contributed by atoms with Crippen LogP contribution in [0.15, 0.2) is 53.4 Å². The van der Waals surface area contributed by atoms with Crippen molar-refractivity contribution in [3.63, 3.8) is 0 Å². The second kappa shape index (κ2) is 10.6. The molecule has 1 N–H and O–H groups in total. The monoisotopic (exact) mass is 459 g/mol. The van der Waals surface area contributed by atoms with Crippen LogP contribution in [0.5, 0.6) is 5.75 Å². The normalized spacial score (nSPS) is 14.2. The molecule has 8 nitrogen and oxygen atoms in total. The zero-order valence-electron chi connectivity index (χ0n) is 18.4. The van der Waals surface area contributed by atoms with Crippen LogP contribution in [0.2, 0.25) is 0 Å². The number of carbonyl (C=O) groups is 2. The van der Waals surface area contributed by atoms with Crippen LogP contribution in [-0.4, -0.2) is 62.2 Å². The zero-order chi connectivity index (χ0) is 23.1. The largest absolute Gasteiger partial charge is 0.484 e. The molecule has 1 aliphatic rings. The zero-order valence-corrected chi connectivity index (χ0v) is 19.2. The maximum atomic E-state index is 12.6. The summed E-state index contributed by atoms with van der Waals surface area (Å²) < 4.78 is 32.1. The first kappa shape index (κ1) is 23.7. The minimum absolute atomic E-state index is 0.0468. The fraction of sp³-hybridized carbons (Fsp3) is 0.391. The second-order valence-corrected chi connectivity index (χ2v) is 9.41. The average Bonchev–Trinajstić information content (AvgIpc) is 3.35.